The van der Waals surface area contributed by atoms with Crippen LogP contribution >= 0.6 is 0 Å². The van der Waals surface area contributed by atoms with Crippen LogP contribution in [0.3, 0.4) is 0 Å². The summed E-state index contributed by atoms with van der Waals surface area (Å²) in [4.78, 5) is 37.5. The third kappa shape index (κ3) is 7.43. The molecule has 2 aliphatic rings. The number of hydrogen-bond donors (Lipinski definition) is 0. The molecule has 2 aliphatic carbocycles. The molecule has 0 N–H and O–H groups in total. The van der Waals surface area contributed by atoms with E-state index in [2.05, 4.69) is 13.8 Å². The van der Waals surface area contributed by atoms with Gasteiger partial charge in [-0.25, -0.2) is 4.79 Å². The Labute approximate surface area is 219 Å². The van der Waals surface area contributed by atoms with Crippen LogP contribution in [-0.2, 0) is 9.59 Å². The van der Waals surface area contributed by atoms with Gasteiger partial charge in [-0.05, 0) is 112 Å². The number of esters is 3. The van der Waals surface area contributed by atoms with Gasteiger partial charge in [0.2, 0.25) is 0 Å². The molecule has 198 valence electrons. The van der Waals surface area contributed by atoms with Crippen LogP contribution in [0.5, 0.6) is 17.2 Å². The van der Waals surface area contributed by atoms with Gasteiger partial charge >= 0.3 is 17.9 Å². The fraction of sp³-hybridized carbons (Fsp3) is 0.516. The summed E-state index contributed by atoms with van der Waals surface area (Å²) in [7, 11) is 0. The first kappa shape index (κ1) is 26.9. The minimum absolute atomic E-state index is 0.0429. The number of hydrogen-bond acceptors (Lipinski definition) is 6. The van der Waals surface area contributed by atoms with Crippen LogP contribution in [0.15, 0.2) is 48.5 Å². The molecular formula is C31H38O6. The van der Waals surface area contributed by atoms with E-state index in [9.17, 15) is 14.4 Å². The summed E-state index contributed by atoms with van der Waals surface area (Å²) in [6.07, 6.45) is 10.1. The molecule has 2 fully saturated rings. The van der Waals surface area contributed by atoms with Crippen molar-refractivity contribution in [2.75, 3.05) is 0 Å². The van der Waals surface area contributed by atoms with Crippen molar-refractivity contribution in [1.29, 1.82) is 0 Å². The SMILES string of the molecule is CCC1CCC(C(=O)Oc2ccc(OC(=O)c3ccc(OC(=O)C4CCC(CC)CC4)cc3)cc2)CC1. The largest absolute Gasteiger partial charge is 0.426 e. The zero-order valence-electron chi connectivity index (χ0n) is 21.9. The van der Waals surface area contributed by atoms with E-state index in [0.717, 1.165) is 69.6 Å². The minimum Gasteiger partial charge on any atom is -0.426 e. The van der Waals surface area contributed by atoms with E-state index in [1.54, 1.807) is 48.5 Å². The van der Waals surface area contributed by atoms with Crippen molar-refractivity contribution in [2.45, 2.75) is 78.1 Å². The molecule has 0 heterocycles. The van der Waals surface area contributed by atoms with Gasteiger partial charge in [0.25, 0.3) is 0 Å². The van der Waals surface area contributed by atoms with Crippen LogP contribution in [-0.4, -0.2) is 17.9 Å². The third-order valence-corrected chi connectivity index (χ3v) is 8.08. The maximum atomic E-state index is 12.6. The molecule has 0 radical (unpaired) electrons. The van der Waals surface area contributed by atoms with E-state index in [0.29, 0.717) is 22.8 Å². The lowest BCUT2D eigenvalue weighted by molar-refractivity contribution is -0.141. The molecule has 0 bridgehead atoms. The summed E-state index contributed by atoms with van der Waals surface area (Å²) in [6, 6.07) is 12.9. The minimum atomic E-state index is -0.520. The molecule has 0 unspecified atom stereocenters. The number of ether oxygens (including phenoxy) is 3. The highest BCUT2D eigenvalue weighted by molar-refractivity contribution is 5.91. The van der Waals surface area contributed by atoms with E-state index >= 15 is 0 Å². The predicted octanol–water partition coefficient (Wildman–Crippen LogP) is 7.15. The van der Waals surface area contributed by atoms with Crippen molar-refractivity contribution in [1.82, 2.24) is 0 Å². The monoisotopic (exact) mass is 506 g/mol. The van der Waals surface area contributed by atoms with Crippen LogP contribution in [0, 0.1) is 23.7 Å². The van der Waals surface area contributed by atoms with Crippen LogP contribution in [0.25, 0.3) is 0 Å². The third-order valence-electron chi connectivity index (χ3n) is 8.08. The molecule has 37 heavy (non-hydrogen) atoms. The highest BCUT2D eigenvalue weighted by Crippen LogP contribution is 2.33. The van der Waals surface area contributed by atoms with Crippen LogP contribution in [0.4, 0.5) is 0 Å². The highest BCUT2D eigenvalue weighted by atomic mass is 16.5. The maximum Gasteiger partial charge on any atom is 0.343 e. The molecular weight excluding hydrogens is 468 g/mol. The molecule has 0 atom stereocenters. The Morgan fingerprint density at radius 2 is 0.919 bits per heavy atom. The van der Waals surface area contributed by atoms with Crippen LogP contribution in [0.1, 0.15) is 88.4 Å². The Morgan fingerprint density at radius 3 is 1.30 bits per heavy atom. The van der Waals surface area contributed by atoms with Crippen molar-refractivity contribution >= 4 is 17.9 Å². The molecule has 2 aromatic carbocycles. The molecule has 0 saturated heterocycles. The lowest BCUT2D eigenvalue weighted by Crippen LogP contribution is -2.25. The number of benzene rings is 2. The molecule has 6 heteroatoms. The van der Waals surface area contributed by atoms with Crippen molar-refractivity contribution in [3.63, 3.8) is 0 Å². The molecule has 6 nitrogen and oxygen atoms in total. The number of rotatable bonds is 8. The molecule has 0 aromatic heterocycles. The average molecular weight is 507 g/mol. The quantitative estimate of drug-likeness (QED) is 0.279. The first-order valence-electron chi connectivity index (χ1n) is 13.8. The Morgan fingerprint density at radius 1 is 0.568 bits per heavy atom. The van der Waals surface area contributed by atoms with Crippen molar-refractivity contribution < 1.29 is 28.6 Å². The second-order valence-corrected chi connectivity index (χ2v) is 10.5. The standard InChI is InChI=1S/C31H38O6/c1-3-21-5-9-23(10-6-21)29(32)35-26-15-13-25(14-16-26)31(34)37-28-19-17-27(18-20-28)36-30(33)24-11-7-22(4-2)8-12-24/h13-24H,3-12H2,1-2H3. The van der Waals surface area contributed by atoms with E-state index < -0.39 is 5.97 Å². The summed E-state index contributed by atoms with van der Waals surface area (Å²) in [5.74, 6) is 1.66. The second kappa shape index (κ2) is 12.9. The predicted molar refractivity (Wildman–Crippen MR) is 141 cm³/mol. The van der Waals surface area contributed by atoms with Gasteiger partial charge in [-0.2, -0.15) is 0 Å². The van der Waals surface area contributed by atoms with Gasteiger partial charge in [-0.3, -0.25) is 9.59 Å². The van der Waals surface area contributed by atoms with E-state index in [1.807, 2.05) is 0 Å². The zero-order valence-corrected chi connectivity index (χ0v) is 21.9. The topological polar surface area (TPSA) is 78.9 Å². The van der Waals surface area contributed by atoms with Crippen LogP contribution in [0.2, 0.25) is 0 Å². The lowest BCUT2D eigenvalue weighted by Gasteiger charge is -2.26. The fourth-order valence-corrected chi connectivity index (χ4v) is 5.41. The van der Waals surface area contributed by atoms with Crippen molar-refractivity contribution in [3.8, 4) is 17.2 Å². The summed E-state index contributed by atoms with van der Waals surface area (Å²) in [5.41, 5.74) is 0.349. The van der Waals surface area contributed by atoms with Gasteiger partial charge in [0.15, 0.2) is 0 Å². The Hall–Kier alpha value is -3.15. The zero-order chi connectivity index (χ0) is 26.2. The van der Waals surface area contributed by atoms with Gasteiger partial charge in [0, 0.05) is 0 Å². The first-order valence-corrected chi connectivity index (χ1v) is 13.8. The van der Waals surface area contributed by atoms with Gasteiger partial charge in [-0.15, -0.1) is 0 Å². The van der Waals surface area contributed by atoms with Crippen molar-refractivity contribution in [3.05, 3.63) is 54.1 Å². The van der Waals surface area contributed by atoms with Crippen molar-refractivity contribution in [2.24, 2.45) is 23.7 Å². The lowest BCUT2D eigenvalue weighted by atomic mass is 9.81. The second-order valence-electron chi connectivity index (χ2n) is 10.5. The highest BCUT2D eigenvalue weighted by Gasteiger charge is 2.28. The molecule has 0 amide bonds. The summed E-state index contributed by atoms with van der Waals surface area (Å²) >= 11 is 0. The van der Waals surface area contributed by atoms with Gasteiger partial charge in [-0.1, -0.05) is 26.7 Å². The van der Waals surface area contributed by atoms with Crippen LogP contribution < -0.4 is 14.2 Å². The summed E-state index contributed by atoms with van der Waals surface area (Å²) < 4.78 is 16.5. The summed E-state index contributed by atoms with van der Waals surface area (Å²) in [6.45, 7) is 4.39. The molecule has 0 aliphatic heterocycles. The smallest absolute Gasteiger partial charge is 0.343 e. The summed E-state index contributed by atoms with van der Waals surface area (Å²) in [5, 5.41) is 0. The molecule has 2 aromatic rings. The Kier molecular flexibility index (Phi) is 9.37. The number of carbonyl (C=O) groups excluding carboxylic acids is 3. The van der Waals surface area contributed by atoms with E-state index in [-0.39, 0.29) is 23.8 Å². The normalized spacial score (nSPS) is 23.6. The molecule has 2 saturated carbocycles. The molecule has 0 spiro atoms. The first-order chi connectivity index (χ1) is 17.9. The van der Waals surface area contributed by atoms with Gasteiger partial charge in [0.1, 0.15) is 17.2 Å². The Bertz CT molecular complexity index is 1040. The number of carbonyl (C=O) groups is 3. The molecule has 4 rings (SSSR count). The van der Waals surface area contributed by atoms with E-state index in [4.69, 9.17) is 14.2 Å². The maximum absolute atomic E-state index is 12.6. The fourth-order valence-electron chi connectivity index (χ4n) is 5.41. The Balaban J connectivity index is 1.24. The van der Waals surface area contributed by atoms with Gasteiger partial charge < -0.3 is 14.2 Å². The van der Waals surface area contributed by atoms with E-state index in [1.165, 1.54) is 6.42 Å². The average Bonchev–Trinajstić information content (AvgIpc) is 2.94. The van der Waals surface area contributed by atoms with Gasteiger partial charge in [0.05, 0.1) is 17.4 Å².